The molecule has 1 aliphatic rings. The SMILES string of the molecule is CCCCCCCCCCCCCCCCCCCCCC/C=C/C(O)C(COC1OC(CO)C(O)C(OS(=O)(=O)O)C1O)NC(=O)CCCCCCCCCCC. The highest BCUT2D eigenvalue weighted by Crippen LogP contribution is 2.26. The van der Waals surface area contributed by atoms with E-state index in [1.165, 1.54) is 148 Å². The molecule has 7 atom stereocenters. The second kappa shape index (κ2) is 36.5. The Morgan fingerprint density at radius 1 is 0.672 bits per heavy atom. The van der Waals surface area contributed by atoms with Gasteiger partial charge >= 0.3 is 10.4 Å². The summed E-state index contributed by atoms with van der Waals surface area (Å²) in [5, 5.41) is 44.6. The fourth-order valence-electron chi connectivity index (χ4n) is 7.63. The minimum Gasteiger partial charge on any atom is -0.394 e. The van der Waals surface area contributed by atoms with Crippen molar-refractivity contribution in [2.24, 2.45) is 0 Å². The zero-order chi connectivity index (χ0) is 42.7. The van der Waals surface area contributed by atoms with Gasteiger partial charge in [-0.2, -0.15) is 8.42 Å². The van der Waals surface area contributed by atoms with Gasteiger partial charge in [-0.1, -0.05) is 199 Å². The van der Waals surface area contributed by atoms with Crippen molar-refractivity contribution in [2.75, 3.05) is 13.2 Å². The number of rotatable bonds is 40. The molecule has 0 aromatic carbocycles. The highest BCUT2D eigenvalue weighted by atomic mass is 32.3. The maximum Gasteiger partial charge on any atom is 0.397 e. The summed E-state index contributed by atoms with van der Waals surface area (Å²) in [5.74, 6) is -0.264. The number of carbonyl (C=O) groups is 1. The van der Waals surface area contributed by atoms with Gasteiger partial charge < -0.3 is 35.2 Å². The maximum atomic E-state index is 12.9. The van der Waals surface area contributed by atoms with Gasteiger partial charge in [0.2, 0.25) is 5.91 Å². The average molecular weight is 850 g/mol. The lowest BCUT2D eigenvalue weighted by Gasteiger charge is -2.41. The van der Waals surface area contributed by atoms with Crippen LogP contribution in [0.2, 0.25) is 0 Å². The second-order valence-electron chi connectivity index (χ2n) is 16.7. The third kappa shape index (κ3) is 29.2. The van der Waals surface area contributed by atoms with Gasteiger partial charge in [-0.25, -0.2) is 4.18 Å². The molecule has 0 radical (unpaired) electrons. The smallest absolute Gasteiger partial charge is 0.394 e. The number of aliphatic hydroxyl groups excluding tert-OH is 4. The van der Waals surface area contributed by atoms with Crippen LogP contribution < -0.4 is 5.32 Å². The van der Waals surface area contributed by atoms with Gasteiger partial charge in [0.25, 0.3) is 0 Å². The van der Waals surface area contributed by atoms with E-state index in [1.54, 1.807) is 6.08 Å². The van der Waals surface area contributed by atoms with Crippen molar-refractivity contribution in [1.82, 2.24) is 5.32 Å². The number of hydrogen-bond acceptors (Lipinski definition) is 10. The predicted molar refractivity (Wildman–Crippen MR) is 232 cm³/mol. The number of amides is 1. The molecule has 0 aliphatic carbocycles. The van der Waals surface area contributed by atoms with Crippen molar-refractivity contribution in [2.45, 2.75) is 256 Å². The van der Waals surface area contributed by atoms with Crippen LogP contribution in [0.25, 0.3) is 0 Å². The highest BCUT2D eigenvalue weighted by molar-refractivity contribution is 7.80. The molecule has 1 amide bonds. The van der Waals surface area contributed by atoms with Crippen LogP contribution in [-0.2, 0) is 28.9 Å². The van der Waals surface area contributed by atoms with Gasteiger partial charge in [0, 0.05) is 6.42 Å². The molecule has 1 rings (SSSR count). The zero-order valence-electron chi connectivity index (χ0n) is 36.6. The van der Waals surface area contributed by atoms with Gasteiger partial charge in [0.1, 0.15) is 24.4 Å². The molecule has 0 saturated carbocycles. The standard InChI is InChI=1S/C45H87NO11S/c1-3-5-7-9-11-13-14-15-16-17-18-19-20-21-22-23-24-25-27-28-30-32-34-39(48)38(46-41(49)35-33-31-29-26-12-10-8-6-4-2)37-55-45-43(51)44(57-58(52,53)54)42(50)40(36-47)56-45/h32,34,38-40,42-45,47-48,50-51H,3-31,33,35-37H2,1-2H3,(H,46,49)(H,52,53,54)/b34-32+. The van der Waals surface area contributed by atoms with E-state index in [2.05, 4.69) is 23.3 Å². The lowest BCUT2D eigenvalue weighted by molar-refractivity contribution is -0.298. The Labute approximate surface area is 353 Å². The van der Waals surface area contributed by atoms with Crippen LogP contribution in [0.4, 0.5) is 0 Å². The quantitative estimate of drug-likeness (QED) is 0.0196. The highest BCUT2D eigenvalue weighted by Gasteiger charge is 2.48. The Bertz CT molecular complexity index is 1090. The molecule has 1 heterocycles. The molecule has 1 fully saturated rings. The Balaban J connectivity index is 2.43. The van der Waals surface area contributed by atoms with E-state index in [0.717, 1.165) is 38.5 Å². The van der Waals surface area contributed by atoms with E-state index < -0.39 is 59.9 Å². The van der Waals surface area contributed by atoms with Crippen molar-refractivity contribution in [3.8, 4) is 0 Å². The van der Waals surface area contributed by atoms with Crippen molar-refractivity contribution >= 4 is 16.3 Å². The predicted octanol–water partition coefficient (Wildman–Crippen LogP) is 9.16. The fourth-order valence-corrected chi connectivity index (χ4v) is 8.14. The Morgan fingerprint density at radius 2 is 1.09 bits per heavy atom. The summed E-state index contributed by atoms with van der Waals surface area (Å²) in [7, 11) is -5.08. The molecule has 12 nitrogen and oxygen atoms in total. The molecule has 0 bridgehead atoms. The zero-order valence-corrected chi connectivity index (χ0v) is 37.4. The molecule has 58 heavy (non-hydrogen) atoms. The van der Waals surface area contributed by atoms with Crippen molar-refractivity contribution in [3.63, 3.8) is 0 Å². The number of carbonyl (C=O) groups excluding carboxylic acids is 1. The molecule has 0 aromatic rings. The fraction of sp³-hybridized carbons (Fsp3) is 0.933. The first-order chi connectivity index (χ1) is 28.0. The number of allylic oxidation sites excluding steroid dienone is 1. The summed E-state index contributed by atoms with van der Waals surface area (Å²) in [6.07, 6.45) is 31.3. The second-order valence-corrected chi connectivity index (χ2v) is 17.8. The van der Waals surface area contributed by atoms with Crippen LogP contribution in [0.1, 0.15) is 213 Å². The lowest BCUT2D eigenvalue weighted by Crippen LogP contribution is -2.61. The van der Waals surface area contributed by atoms with Gasteiger partial charge in [0.05, 0.1) is 25.4 Å². The largest absolute Gasteiger partial charge is 0.397 e. The van der Waals surface area contributed by atoms with Crippen LogP contribution in [0.5, 0.6) is 0 Å². The summed E-state index contributed by atoms with van der Waals surface area (Å²) < 4.78 is 47.5. The summed E-state index contributed by atoms with van der Waals surface area (Å²) in [6.45, 7) is 3.36. The number of hydrogen-bond donors (Lipinski definition) is 6. The number of unbranched alkanes of at least 4 members (excludes halogenated alkanes) is 28. The van der Waals surface area contributed by atoms with Gasteiger partial charge in [-0.05, 0) is 19.3 Å². The molecule has 7 unspecified atom stereocenters. The van der Waals surface area contributed by atoms with E-state index in [1.807, 2.05) is 6.08 Å². The first-order valence-corrected chi connectivity index (χ1v) is 24.9. The summed E-state index contributed by atoms with van der Waals surface area (Å²) in [5.41, 5.74) is 0. The maximum absolute atomic E-state index is 12.9. The summed E-state index contributed by atoms with van der Waals surface area (Å²) in [4.78, 5) is 12.9. The molecule has 1 aliphatic heterocycles. The topological polar surface area (TPSA) is 192 Å². The van der Waals surface area contributed by atoms with E-state index in [4.69, 9.17) is 14.0 Å². The number of ether oxygens (including phenoxy) is 2. The first-order valence-electron chi connectivity index (χ1n) is 23.6. The average Bonchev–Trinajstić information content (AvgIpc) is 3.19. The number of aliphatic hydroxyl groups is 4. The van der Waals surface area contributed by atoms with Crippen LogP contribution in [-0.4, -0.2) is 95.4 Å². The molecule has 0 spiro atoms. The molecule has 0 aromatic heterocycles. The molecule has 344 valence electrons. The molecule has 13 heteroatoms. The molecule has 1 saturated heterocycles. The Kier molecular flexibility index (Phi) is 34.5. The van der Waals surface area contributed by atoms with Crippen LogP contribution in [0, 0.1) is 0 Å². The van der Waals surface area contributed by atoms with Crippen molar-refractivity contribution in [1.29, 1.82) is 0 Å². The summed E-state index contributed by atoms with van der Waals surface area (Å²) >= 11 is 0. The van der Waals surface area contributed by atoms with E-state index >= 15 is 0 Å². The Morgan fingerprint density at radius 3 is 1.50 bits per heavy atom. The van der Waals surface area contributed by atoms with Gasteiger partial charge in [-0.15, -0.1) is 0 Å². The number of nitrogens with one attached hydrogen (secondary N) is 1. The summed E-state index contributed by atoms with van der Waals surface area (Å²) in [6, 6.07) is -0.937. The van der Waals surface area contributed by atoms with Gasteiger partial charge in [0.15, 0.2) is 6.29 Å². The van der Waals surface area contributed by atoms with Crippen molar-refractivity contribution in [3.05, 3.63) is 12.2 Å². The Hall–Kier alpha value is -1.16. The van der Waals surface area contributed by atoms with Crippen LogP contribution >= 0.6 is 0 Å². The third-order valence-corrected chi connectivity index (χ3v) is 11.8. The van der Waals surface area contributed by atoms with E-state index in [0.29, 0.717) is 6.42 Å². The monoisotopic (exact) mass is 850 g/mol. The first kappa shape index (κ1) is 54.9. The van der Waals surface area contributed by atoms with Crippen LogP contribution in [0.3, 0.4) is 0 Å². The van der Waals surface area contributed by atoms with E-state index in [9.17, 15) is 33.6 Å². The molecular weight excluding hydrogens is 763 g/mol. The van der Waals surface area contributed by atoms with Gasteiger partial charge in [-0.3, -0.25) is 9.35 Å². The van der Waals surface area contributed by atoms with E-state index in [-0.39, 0.29) is 18.9 Å². The minimum absolute atomic E-state index is 0.264. The lowest BCUT2D eigenvalue weighted by atomic mass is 9.99. The molecule has 6 N–H and O–H groups in total. The third-order valence-electron chi connectivity index (χ3n) is 11.3. The normalized spacial score (nSPS) is 21.1. The minimum atomic E-state index is -5.08. The molecular formula is C45H87NO11S. The van der Waals surface area contributed by atoms with Crippen LogP contribution in [0.15, 0.2) is 12.2 Å². The van der Waals surface area contributed by atoms with Crippen molar-refractivity contribution < 1.29 is 51.8 Å².